The van der Waals surface area contributed by atoms with E-state index >= 15 is 0 Å². The van der Waals surface area contributed by atoms with Gasteiger partial charge in [0.2, 0.25) is 0 Å². The minimum absolute atomic E-state index is 0.230. The predicted octanol–water partition coefficient (Wildman–Crippen LogP) is 2.33. The molecule has 1 aliphatic rings. The van der Waals surface area contributed by atoms with Gasteiger partial charge in [-0.3, -0.25) is 4.68 Å². The minimum atomic E-state index is 0.230. The van der Waals surface area contributed by atoms with Crippen LogP contribution < -0.4 is 5.32 Å². The van der Waals surface area contributed by atoms with Crippen molar-refractivity contribution in [3.8, 4) is 0 Å². The Balaban J connectivity index is 2.28. The van der Waals surface area contributed by atoms with Crippen LogP contribution in [0.2, 0.25) is 0 Å². The van der Waals surface area contributed by atoms with Crippen LogP contribution in [0.5, 0.6) is 0 Å². The number of hydrogen-bond acceptors (Lipinski definition) is 3. The number of nitrogens with zero attached hydrogens (tertiary/aromatic N) is 2. The van der Waals surface area contributed by atoms with Crippen molar-refractivity contribution in [2.24, 2.45) is 7.05 Å². The summed E-state index contributed by atoms with van der Waals surface area (Å²) in [4.78, 5) is 0. The van der Waals surface area contributed by atoms with Crippen molar-refractivity contribution >= 4 is 0 Å². The molecule has 1 aromatic rings. The summed E-state index contributed by atoms with van der Waals surface area (Å²) in [6.45, 7) is 6.05. The van der Waals surface area contributed by atoms with Crippen LogP contribution in [0.1, 0.15) is 44.1 Å². The van der Waals surface area contributed by atoms with Gasteiger partial charge in [0.1, 0.15) is 0 Å². The summed E-state index contributed by atoms with van der Waals surface area (Å²) in [5, 5.41) is 8.07. The van der Waals surface area contributed by atoms with E-state index in [4.69, 9.17) is 4.74 Å². The smallest absolute Gasteiger partial charge is 0.0876 e. The third kappa shape index (κ3) is 2.75. The molecule has 0 radical (unpaired) electrons. The van der Waals surface area contributed by atoms with E-state index in [1.165, 1.54) is 11.3 Å². The Morgan fingerprint density at radius 3 is 2.89 bits per heavy atom. The van der Waals surface area contributed by atoms with Gasteiger partial charge in [0.15, 0.2) is 0 Å². The summed E-state index contributed by atoms with van der Waals surface area (Å²) in [6, 6.07) is 2.43. The number of likely N-dealkylation sites (N-methyl/N-ethyl adjacent to an activating group) is 1. The average molecular weight is 249 g/mol. The van der Waals surface area contributed by atoms with E-state index in [1.54, 1.807) is 0 Å². The fourth-order valence-corrected chi connectivity index (χ4v) is 2.41. The molecule has 0 aliphatic carbocycles. The highest BCUT2D eigenvalue weighted by Gasteiger charge is 2.21. The lowest BCUT2D eigenvalue weighted by Crippen LogP contribution is -2.26. The van der Waals surface area contributed by atoms with Crippen LogP contribution in [0.3, 0.4) is 0 Å². The highest BCUT2D eigenvalue weighted by Crippen LogP contribution is 2.27. The molecule has 1 atom stereocenters. The summed E-state index contributed by atoms with van der Waals surface area (Å²) >= 11 is 0. The van der Waals surface area contributed by atoms with Gasteiger partial charge in [-0.2, -0.15) is 5.10 Å². The van der Waals surface area contributed by atoms with E-state index in [0.29, 0.717) is 0 Å². The van der Waals surface area contributed by atoms with Crippen molar-refractivity contribution in [1.29, 1.82) is 0 Å². The molecule has 4 heteroatoms. The Morgan fingerprint density at radius 1 is 1.50 bits per heavy atom. The Kier molecular flexibility index (Phi) is 4.42. The second-order valence-electron chi connectivity index (χ2n) is 4.70. The van der Waals surface area contributed by atoms with Crippen molar-refractivity contribution in [1.82, 2.24) is 15.1 Å². The highest BCUT2D eigenvalue weighted by molar-refractivity contribution is 5.24. The second-order valence-corrected chi connectivity index (χ2v) is 4.70. The predicted molar refractivity (Wildman–Crippen MR) is 72.3 cm³/mol. The molecule has 0 fully saturated rings. The molecule has 0 amide bonds. The van der Waals surface area contributed by atoms with Crippen LogP contribution >= 0.6 is 0 Å². The Bertz CT molecular complexity index is 423. The van der Waals surface area contributed by atoms with Crippen LogP contribution in [0.4, 0.5) is 0 Å². The zero-order valence-electron chi connectivity index (χ0n) is 11.6. The van der Waals surface area contributed by atoms with E-state index in [0.717, 1.165) is 38.1 Å². The summed E-state index contributed by atoms with van der Waals surface area (Å²) in [6.07, 6.45) is 5.11. The fourth-order valence-electron chi connectivity index (χ4n) is 2.41. The highest BCUT2D eigenvalue weighted by atomic mass is 16.5. The fraction of sp³-hybridized carbons (Fsp3) is 0.643. The lowest BCUT2D eigenvalue weighted by molar-refractivity contribution is 0.219. The molecule has 4 nitrogen and oxygen atoms in total. The lowest BCUT2D eigenvalue weighted by atomic mass is 9.99. The van der Waals surface area contributed by atoms with Gasteiger partial charge in [0, 0.05) is 7.05 Å². The zero-order valence-corrected chi connectivity index (χ0v) is 11.6. The molecular formula is C14H23N3O. The number of aryl methyl sites for hydroxylation is 2. The number of hydrogen-bond donors (Lipinski definition) is 1. The van der Waals surface area contributed by atoms with E-state index < -0.39 is 0 Å². The van der Waals surface area contributed by atoms with Gasteiger partial charge in [-0.15, -0.1) is 0 Å². The van der Waals surface area contributed by atoms with Gasteiger partial charge < -0.3 is 10.1 Å². The first-order chi connectivity index (χ1) is 8.76. The van der Waals surface area contributed by atoms with Gasteiger partial charge in [-0.05, 0) is 37.4 Å². The maximum absolute atomic E-state index is 5.47. The van der Waals surface area contributed by atoms with Gasteiger partial charge in [0.05, 0.1) is 30.3 Å². The van der Waals surface area contributed by atoms with Crippen molar-refractivity contribution in [3.05, 3.63) is 29.3 Å². The molecule has 0 saturated carbocycles. The van der Waals surface area contributed by atoms with Crippen LogP contribution in [0, 0.1) is 0 Å². The Morgan fingerprint density at radius 2 is 2.33 bits per heavy atom. The first-order valence-electron chi connectivity index (χ1n) is 6.83. The van der Waals surface area contributed by atoms with Crippen molar-refractivity contribution in [3.63, 3.8) is 0 Å². The summed E-state index contributed by atoms with van der Waals surface area (Å²) in [7, 11) is 2.02. The number of rotatable bonds is 5. The van der Waals surface area contributed by atoms with Gasteiger partial charge in [-0.25, -0.2) is 0 Å². The average Bonchev–Trinajstić information content (AvgIpc) is 2.78. The lowest BCUT2D eigenvalue weighted by Gasteiger charge is -2.24. The molecule has 0 bridgehead atoms. The molecular weight excluding hydrogens is 226 g/mol. The Labute approximate surface area is 109 Å². The van der Waals surface area contributed by atoms with Crippen molar-refractivity contribution < 1.29 is 4.74 Å². The molecule has 1 unspecified atom stereocenters. The molecule has 0 spiro atoms. The molecule has 1 aromatic heterocycles. The first-order valence-corrected chi connectivity index (χ1v) is 6.83. The molecule has 1 aliphatic heterocycles. The molecule has 2 heterocycles. The number of ether oxygens (including phenoxy) is 1. The molecule has 18 heavy (non-hydrogen) atoms. The first kappa shape index (κ1) is 13.1. The van der Waals surface area contributed by atoms with Crippen LogP contribution in [0.15, 0.2) is 17.9 Å². The van der Waals surface area contributed by atoms with Crippen molar-refractivity contribution in [2.45, 2.75) is 39.2 Å². The summed E-state index contributed by atoms with van der Waals surface area (Å²) in [5.74, 6) is 0. The molecule has 1 N–H and O–H groups in total. The SMILES string of the molecule is CCNC(C1=COCCC1)c1cc(CC)nn1C. The van der Waals surface area contributed by atoms with Crippen molar-refractivity contribution in [2.75, 3.05) is 13.2 Å². The normalized spacial score (nSPS) is 17.2. The van der Waals surface area contributed by atoms with E-state index in [2.05, 4.69) is 30.3 Å². The monoisotopic (exact) mass is 249 g/mol. The topological polar surface area (TPSA) is 39.1 Å². The van der Waals surface area contributed by atoms with Gasteiger partial charge in [0.25, 0.3) is 0 Å². The van der Waals surface area contributed by atoms with E-state index in [-0.39, 0.29) is 6.04 Å². The molecule has 0 saturated heterocycles. The summed E-state index contributed by atoms with van der Waals surface area (Å²) in [5.41, 5.74) is 3.70. The van der Waals surface area contributed by atoms with Gasteiger partial charge >= 0.3 is 0 Å². The van der Waals surface area contributed by atoms with Gasteiger partial charge in [-0.1, -0.05) is 13.8 Å². The number of aromatic nitrogens is 2. The third-order valence-corrected chi connectivity index (χ3v) is 3.37. The number of nitrogens with one attached hydrogen (secondary N) is 1. The standard InChI is InChI=1S/C14H23N3O/c1-4-12-9-13(17(3)16-12)14(15-5-2)11-7-6-8-18-10-11/h9-10,14-15H,4-8H2,1-3H3. The minimum Gasteiger partial charge on any atom is -0.501 e. The van der Waals surface area contributed by atoms with Crippen LogP contribution in [-0.4, -0.2) is 22.9 Å². The van der Waals surface area contributed by atoms with Crippen LogP contribution in [0.25, 0.3) is 0 Å². The maximum atomic E-state index is 5.47. The quantitative estimate of drug-likeness (QED) is 0.870. The third-order valence-electron chi connectivity index (χ3n) is 3.37. The zero-order chi connectivity index (χ0) is 13.0. The van der Waals surface area contributed by atoms with Crippen LogP contribution in [-0.2, 0) is 18.2 Å². The molecule has 100 valence electrons. The maximum Gasteiger partial charge on any atom is 0.0876 e. The second kappa shape index (κ2) is 6.05. The molecule has 0 aromatic carbocycles. The van der Waals surface area contributed by atoms with E-state index in [1.807, 2.05) is 18.0 Å². The Hall–Kier alpha value is -1.29. The van der Waals surface area contributed by atoms with E-state index in [9.17, 15) is 0 Å². The summed E-state index contributed by atoms with van der Waals surface area (Å²) < 4.78 is 7.46. The largest absolute Gasteiger partial charge is 0.501 e. The molecule has 2 rings (SSSR count).